The fraction of sp³-hybridized carbons (Fsp3) is 0.429. The minimum absolute atomic E-state index is 0.0485. The zero-order valence-corrected chi connectivity index (χ0v) is 33.1. The molecular formula is C42H48N10O5. The molecule has 0 saturated carbocycles. The molecule has 15 heteroatoms. The van der Waals surface area contributed by atoms with Gasteiger partial charge in [0.2, 0.25) is 17.7 Å². The number of benzene rings is 2. The summed E-state index contributed by atoms with van der Waals surface area (Å²) in [5, 5.41) is 8.34. The van der Waals surface area contributed by atoms with Crippen LogP contribution in [0.1, 0.15) is 84.0 Å². The van der Waals surface area contributed by atoms with Crippen LogP contribution in [0.4, 0.5) is 4.79 Å². The number of pyridine rings is 2. The third kappa shape index (κ3) is 6.99. The average Bonchev–Trinajstić information content (AvgIpc) is 4.03. The largest absolute Gasteiger partial charge is 0.453 e. The van der Waals surface area contributed by atoms with Crippen LogP contribution in [0, 0.1) is 11.8 Å². The minimum atomic E-state index is -0.718. The molecule has 4 N–H and O–H groups in total. The molecule has 0 spiro atoms. The minimum Gasteiger partial charge on any atom is -0.453 e. The maximum absolute atomic E-state index is 13.7. The highest BCUT2D eigenvalue weighted by Crippen LogP contribution is 2.37. The lowest BCUT2D eigenvalue weighted by Gasteiger charge is -2.30. The number of ether oxygens (including phenoxy) is 1. The molecule has 4 amide bonds. The fourth-order valence-corrected chi connectivity index (χ4v) is 8.43. The summed E-state index contributed by atoms with van der Waals surface area (Å²) >= 11 is 0. The van der Waals surface area contributed by atoms with Crippen LogP contribution in [0.3, 0.4) is 0 Å². The van der Waals surface area contributed by atoms with E-state index in [-0.39, 0.29) is 41.6 Å². The van der Waals surface area contributed by atoms with Crippen molar-refractivity contribution in [2.24, 2.45) is 11.8 Å². The standard InChI is InChI=1S/C42H48N10O5/c1-21(2)34(45-23(5)53)40(54)51-15-8-10-33(51)39-47-31-20-44-30-18-25(11-13-26(30)36(31)48-39)29-17-24-12-14-28-37(27(24)19-43-29)49-38(46-28)32-9-7-16-52(32)41(55)35(22(3)4)50-42(56)57-6/h11-14,17-22,32-35,43H,7-10,15-16H2,1-6H3,(H,45,53)(H,47,48)(H,50,56)/t32-,33-,34-,35-/m0/s1. The summed E-state index contributed by atoms with van der Waals surface area (Å²) in [5.41, 5.74) is 5.74. The Kier molecular flexibility index (Phi) is 10.0. The number of H-pyrrole nitrogens is 2. The Hall–Kier alpha value is -6.12. The number of hydrogen-bond donors (Lipinski definition) is 4. The van der Waals surface area contributed by atoms with Gasteiger partial charge in [-0.15, -0.1) is 0 Å². The molecule has 57 heavy (non-hydrogen) atoms. The van der Waals surface area contributed by atoms with Crippen LogP contribution in [0.25, 0.3) is 55.0 Å². The second kappa shape index (κ2) is 15.1. The average molecular weight is 773 g/mol. The molecule has 2 saturated heterocycles. The Morgan fingerprint density at radius 1 is 0.807 bits per heavy atom. The van der Waals surface area contributed by atoms with E-state index in [0.717, 1.165) is 86.5 Å². The topological polar surface area (TPSA) is 191 Å². The number of carbonyl (C=O) groups excluding carboxylic acids is 4. The zero-order valence-electron chi connectivity index (χ0n) is 33.1. The van der Waals surface area contributed by atoms with Gasteiger partial charge in [-0.2, -0.15) is 0 Å². The van der Waals surface area contributed by atoms with Crippen molar-refractivity contribution < 1.29 is 23.9 Å². The van der Waals surface area contributed by atoms with Gasteiger partial charge in [-0.1, -0.05) is 39.8 Å². The number of fused-ring (bicyclic) bond motifs is 6. The van der Waals surface area contributed by atoms with Gasteiger partial charge in [-0.05, 0) is 67.2 Å². The summed E-state index contributed by atoms with van der Waals surface area (Å²) in [7, 11) is 1.29. The molecule has 4 atom stereocenters. The SMILES string of the molecule is COC(=O)N[C@H](C(=O)N1CCC[C@H]1c1nc2ccc3cc(-c4ccc5c(c4)ncc4[nH]c([C@@H]6CCCN6C(=O)[C@@H](NC(C)=O)C(C)C)nc45)[nH]cc3c2n1)C(C)C. The van der Waals surface area contributed by atoms with E-state index in [9.17, 15) is 19.2 Å². The van der Waals surface area contributed by atoms with Crippen molar-refractivity contribution in [2.45, 2.75) is 84.5 Å². The summed E-state index contributed by atoms with van der Waals surface area (Å²) in [6, 6.07) is 10.4. The second-order valence-electron chi connectivity index (χ2n) is 15.9. The van der Waals surface area contributed by atoms with Crippen molar-refractivity contribution in [3.8, 4) is 11.3 Å². The van der Waals surface area contributed by atoms with Crippen LogP contribution < -0.4 is 10.6 Å². The molecular weight excluding hydrogens is 725 g/mol. The van der Waals surface area contributed by atoms with E-state index in [1.54, 1.807) is 11.1 Å². The van der Waals surface area contributed by atoms with Crippen LogP contribution in [-0.4, -0.2) is 95.8 Å². The monoisotopic (exact) mass is 772 g/mol. The maximum atomic E-state index is 13.7. The van der Waals surface area contributed by atoms with E-state index in [2.05, 4.69) is 26.7 Å². The molecule has 0 unspecified atom stereocenters. The first-order valence-electron chi connectivity index (χ1n) is 19.7. The van der Waals surface area contributed by atoms with Crippen molar-refractivity contribution in [3.63, 3.8) is 0 Å². The van der Waals surface area contributed by atoms with E-state index in [4.69, 9.17) is 24.7 Å². The number of methoxy groups -OCH3 is 1. The Bertz CT molecular complexity index is 2540. The van der Waals surface area contributed by atoms with Gasteiger partial charge < -0.3 is 35.1 Å². The van der Waals surface area contributed by atoms with Gasteiger partial charge in [0.15, 0.2) is 5.82 Å². The number of rotatable bonds is 9. The highest BCUT2D eigenvalue weighted by Gasteiger charge is 2.39. The lowest BCUT2D eigenvalue weighted by molar-refractivity contribution is -0.138. The second-order valence-corrected chi connectivity index (χ2v) is 15.9. The molecule has 2 aliphatic heterocycles. The molecule has 8 rings (SSSR count). The number of nitrogens with zero attached hydrogens (tertiary/aromatic N) is 6. The van der Waals surface area contributed by atoms with Crippen molar-refractivity contribution >= 4 is 67.6 Å². The normalized spacial score (nSPS) is 18.3. The number of amides is 4. The third-order valence-electron chi connectivity index (χ3n) is 11.4. The Balaban J connectivity index is 1.05. The summed E-state index contributed by atoms with van der Waals surface area (Å²) in [6.45, 7) is 10.3. The number of imidazole rings is 2. The van der Waals surface area contributed by atoms with Gasteiger partial charge in [-0.25, -0.2) is 19.7 Å². The van der Waals surface area contributed by atoms with E-state index < -0.39 is 18.2 Å². The first-order chi connectivity index (χ1) is 27.4. The van der Waals surface area contributed by atoms with Crippen LogP contribution >= 0.6 is 0 Å². The smallest absolute Gasteiger partial charge is 0.407 e. The lowest BCUT2D eigenvalue weighted by Crippen LogP contribution is -2.51. The number of likely N-dealkylation sites (tertiary alicyclic amines) is 2. The predicted molar refractivity (Wildman–Crippen MR) is 216 cm³/mol. The molecule has 2 fully saturated rings. The summed E-state index contributed by atoms with van der Waals surface area (Å²) in [6.07, 6.45) is 6.28. The molecule has 15 nitrogen and oxygen atoms in total. The number of nitrogens with one attached hydrogen (secondary N) is 4. The first kappa shape index (κ1) is 37.8. The van der Waals surface area contributed by atoms with Crippen molar-refractivity contribution in [1.29, 1.82) is 0 Å². The van der Waals surface area contributed by atoms with Gasteiger partial charge in [0.25, 0.3) is 0 Å². The van der Waals surface area contributed by atoms with Gasteiger partial charge in [0.05, 0.1) is 47.5 Å². The molecule has 2 aromatic carbocycles. The van der Waals surface area contributed by atoms with Gasteiger partial charge in [-0.3, -0.25) is 19.4 Å². The predicted octanol–water partition coefficient (Wildman–Crippen LogP) is 6.07. The van der Waals surface area contributed by atoms with Crippen LogP contribution in [0.2, 0.25) is 0 Å². The van der Waals surface area contributed by atoms with E-state index in [1.807, 2.05) is 69.1 Å². The molecule has 296 valence electrons. The van der Waals surface area contributed by atoms with Crippen LogP contribution in [-0.2, 0) is 19.1 Å². The highest BCUT2D eigenvalue weighted by molar-refractivity contribution is 6.06. The number of carbonyl (C=O) groups is 4. The molecule has 0 radical (unpaired) electrons. The summed E-state index contributed by atoms with van der Waals surface area (Å²) < 4.78 is 4.78. The number of aromatic nitrogens is 6. The zero-order chi connectivity index (χ0) is 40.1. The number of hydrogen-bond acceptors (Lipinski definition) is 9. The van der Waals surface area contributed by atoms with Crippen molar-refractivity contribution in [2.75, 3.05) is 20.2 Å². The van der Waals surface area contributed by atoms with Crippen LogP contribution in [0.15, 0.2) is 48.8 Å². The van der Waals surface area contributed by atoms with Gasteiger partial charge in [0, 0.05) is 48.2 Å². The fourth-order valence-electron chi connectivity index (χ4n) is 8.43. The Morgan fingerprint density at radius 2 is 1.51 bits per heavy atom. The summed E-state index contributed by atoms with van der Waals surface area (Å²) in [4.78, 5) is 81.4. The van der Waals surface area contributed by atoms with E-state index >= 15 is 0 Å². The quantitative estimate of drug-likeness (QED) is 0.135. The van der Waals surface area contributed by atoms with Gasteiger partial charge >= 0.3 is 6.09 Å². The number of alkyl carbamates (subject to hydrolysis) is 1. The number of aromatic amines is 2. The molecule has 0 aliphatic carbocycles. The first-order valence-corrected chi connectivity index (χ1v) is 19.7. The Labute approximate surface area is 329 Å². The van der Waals surface area contributed by atoms with Crippen molar-refractivity contribution in [1.82, 2.24) is 50.3 Å². The van der Waals surface area contributed by atoms with E-state index in [0.29, 0.717) is 18.9 Å². The van der Waals surface area contributed by atoms with E-state index in [1.165, 1.54) is 14.0 Å². The molecule has 6 heterocycles. The highest BCUT2D eigenvalue weighted by atomic mass is 16.5. The molecule has 6 aromatic rings. The summed E-state index contributed by atoms with van der Waals surface area (Å²) in [5.74, 6) is 0.656. The molecule has 0 bridgehead atoms. The third-order valence-corrected chi connectivity index (χ3v) is 11.4. The van der Waals surface area contributed by atoms with Crippen molar-refractivity contribution in [3.05, 3.63) is 60.4 Å². The maximum Gasteiger partial charge on any atom is 0.407 e. The van der Waals surface area contributed by atoms with Gasteiger partial charge in [0.1, 0.15) is 23.4 Å². The molecule has 2 aliphatic rings. The lowest BCUT2D eigenvalue weighted by atomic mass is 10.0. The molecule has 4 aromatic heterocycles. The Morgan fingerprint density at radius 3 is 2.21 bits per heavy atom. The van der Waals surface area contributed by atoms with Crippen LogP contribution in [0.5, 0.6) is 0 Å².